The van der Waals surface area contributed by atoms with E-state index >= 15 is 0 Å². The van der Waals surface area contributed by atoms with Crippen LogP contribution in [0.15, 0.2) is 6.07 Å². The third-order valence-corrected chi connectivity index (χ3v) is 2.02. The van der Waals surface area contributed by atoms with Gasteiger partial charge in [0.05, 0.1) is 5.56 Å². The molecule has 1 heterocycles. The van der Waals surface area contributed by atoms with Crippen molar-refractivity contribution in [2.24, 2.45) is 5.73 Å². The van der Waals surface area contributed by atoms with Gasteiger partial charge in [0, 0.05) is 19.8 Å². The molecule has 0 saturated heterocycles. The average molecular weight is 192 g/mol. The number of anilines is 1. The molecular formula is C10H16N4. The van der Waals surface area contributed by atoms with E-state index < -0.39 is 0 Å². The fraction of sp³-hybridized carbons (Fsp3) is 0.400. The number of nitrogens with two attached hydrogens (primary N) is 1. The predicted molar refractivity (Wildman–Crippen MR) is 59.1 cm³/mol. The zero-order chi connectivity index (χ0) is 10.9. The summed E-state index contributed by atoms with van der Waals surface area (Å²) in [5, 5.41) is 7.49. The first-order chi connectivity index (χ1) is 6.43. The number of rotatable bonds is 2. The molecule has 0 aliphatic heterocycles. The molecule has 0 spiro atoms. The molecule has 0 amide bonds. The minimum Gasteiger partial charge on any atom is -0.384 e. The van der Waals surface area contributed by atoms with Gasteiger partial charge >= 0.3 is 0 Å². The van der Waals surface area contributed by atoms with Gasteiger partial charge in [0.1, 0.15) is 11.7 Å². The molecule has 4 heteroatoms. The Morgan fingerprint density at radius 3 is 2.43 bits per heavy atom. The van der Waals surface area contributed by atoms with E-state index in [9.17, 15) is 0 Å². The van der Waals surface area contributed by atoms with Crippen molar-refractivity contribution in [3.63, 3.8) is 0 Å². The molecule has 0 saturated carbocycles. The van der Waals surface area contributed by atoms with Gasteiger partial charge in [-0.1, -0.05) is 0 Å². The van der Waals surface area contributed by atoms with Gasteiger partial charge in [0.25, 0.3) is 0 Å². The minimum absolute atomic E-state index is 0.0682. The molecule has 0 unspecified atom stereocenters. The Balaban J connectivity index is 3.44. The first-order valence-corrected chi connectivity index (χ1v) is 4.43. The molecule has 1 aromatic heterocycles. The molecule has 0 atom stereocenters. The highest BCUT2D eigenvalue weighted by Crippen LogP contribution is 2.19. The molecule has 0 bridgehead atoms. The molecule has 76 valence electrons. The first-order valence-electron chi connectivity index (χ1n) is 4.43. The molecule has 0 radical (unpaired) electrons. The Morgan fingerprint density at radius 1 is 1.43 bits per heavy atom. The lowest BCUT2D eigenvalue weighted by molar-refractivity contribution is 1.03. The summed E-state index contributed by atoms with van der Waals surface area (Å²) in [7, 11) is 3.79. The van der Waals surface area contributed by atoms with Crippen LogP contribution in [0.1, 0.15) is 16.8 Å². The summed E-state index contributed by atoms with van der Waals surface area (Å²) in [4.78, 5) is 6.23. The van der Waals surface area contributed by atoms with Crippen LogP contribution in [0.2, 0.25) is 0 Å². The van der Waals surface area contributed by atoms with E-state index in [2.05, 4.69) is 4.98 Å². The second kappa shape index (κ2) is 3.65. The highest BCUT2D eigenvalue weighted by molar-refractivity contribution is 6.01. The van der Waals surface area contributed by atoms with Crippen molar-refractivity contribution in [3.8, 4) is 0 Å². The largest absolute Gasteiger partial charge is 0.384 e. The fourth-order valence-electron chi connectivity index (χ4n) is 1.47. The van der Waals surface area contributed by atoms with Crippen LogP contribution in [-0.4, -0.2) is 24.9 Å². The van der Waals surface area contributed by atoms with E-state index in [0.717, 1.165) is 22.6 Å². The van der Waals surface area contributed by atoms with Crippen molar-refractivity contribution in [3.05, 3.63) is 22.9 Å². The summed E-state index contributed by atoms with van der Waals surface area (Å²) in [6, 6.07) is 1.93. The van der Waals surface area contributed by atoms with Gasteiger partial charge in [0.15, 0.2) is 0 Å². The van der Waals surface area contributed by atoms with Crippen LogP contribution in [0.5, 0.6) is 0 Å². The maximum absolute atomic E-state index is 7.49. The van der Waals surface area contributed by atoms with Crippen LogP contribution < -0.4 is 10.6 Å². The number of aromatic nitrogens is 1. The summed E-state index contributed by atoms with van der Waals surface area (Å²) in [5.41, 5.74) is 8.18. The molecule has 1 aromatic rings. The monoisotopic (exact) mass is 192 g/mol. The van der Waals surface area contributed by atoms with Crippen LogP contribution in [0.3, 0.4) is 0 Å². The Labute approximate surface area is 84.3 Å². The lowest BCUT2D eigenvalue weighted by atomic mass is 10.1. The summed E-state index contributed by atoms with van der Waals surface area (Å²) in [6.07, 6.45) is 0. The summed E-state index contributed by atoms with van der Waals surface area (Å²) < 4.78 is 0. The molecule has 1 rings (SSSR count). The number of hydrogen-bond acceptors (Lipinski definition) is 3. The van der Waals surface area contributed by atoms with Crippen molar-refractivity contribution in [2.75, 3.05) is 19.0 Å². The fourth-order valence-corrected chi connectivity index (χ4v) is 1.47. The Bertz CT molecular complexity index is 369. The van der Waals surface area contributed by atoms with Crippen LogP contribution in [0.4, 0.5) is 5.82 Å². The van der Waals surface area contributed by atoms with E-state index in [-0.39, 0.29) is 5.84 Å². The van der Waals surface area contributed by atoms with E-state index in [1.165, 1.54) is 0 Å². The Morgan fingerprint density at radius 2 is 2.00 bits per heavy atom. The maximum atomic E-state index is 7.49. The second-order valence-corrected chi connectivity index (χ2v) is 3.59. The summed E-state index contributed by atoms with van der Waals surface area (Å²) >= 11 is 0. The number of hydrogen-bond donors (Lipinski definition) is 2. The van der Waals surface area contributed by atoms with Crippen LogP contribution >= 0.6 is 0 Å². The topological polar surface area (TPSA) is 66.0 Å². The van der Waals surface area contributed by atoms with Crippen molar-refractivity contribution in [1.29, 1.82) is 5.41 Å². The number of nitrogen functional groups attached to an aromatic ring is 1. The van der Waals surface area contributed by atoms with Crippen molar-refractivity contribution < 1.29 is 0 Å². The molecule has 0 aliphatic carbocycles. The lowest BCUT2D eigenvalue weighted by Crippen LogP contribution is -2.21. The van der Waals surface area contributed by atoms with Gasteiger partial charge in [-0.25, -0.2) is 4.98 Å². The smallest absolute Gasteiger partial charge is 0.139 e. The van der Waals surface area contributed by atoms with E-state index in [1.807, 2.05) is 38.9 Å². The van der Waals surface area contributed by atoms with Gasteiger partial charge in [-0.3, -0.25) is 5.41 Å². The van der Waals surface area contributed by atoms with E-state index in [4.69, 9.17) is 11.1 Å². The van der Waals surface area contributed by atoms with Crippen LogP contribution in [-0.2, 0) is 0 Å². The zero-order valence-electron chi connectivity index (χ0n) is 9.05. The third-order valence-electron chi connectivity index (χ3n) is 2.02. The molecule has 0 aromatic carbocycles. The molecule has 14 heavy (non-hydrogen) atoms. The summed E-state index contributed by atoms with van der Waals surface area (Å²) in [5.74, 6) is 0.828. The average Bonchev–Trinajstić information content (AvgIpc) is 2.01. The predicted octanol–water partition coefficient (Wildman–Crippen LogP) is 1.05. The molecule has 3 N–H and O–H groups in total. The first kappa shape index (κ1) is 10.5. The molecular weight excluding hydrogens is 176 g/mol. The normalized spacial score (nSPS) is 10.0. The minimum atomic E-state index is 0.0682. The Kier molecular flexibility index (Phi) is 2.74. The number of amidine groups is 1. The van der Waals surface area contributed by atoms with Crippen molar-refractivity contribution >= 4 is 11.7 Å². The number of nitrogens with zero attached hydrogens (tertiary/aromatic N) is 2. The second-order valence-electron chi connectivity index (χ2n) is 3.59. The zero-order valence-corrected chi connectivity index (χ0v) is 9.05. The SMILES string of the molecule is Cc1cc(C)c(C(=N)N)c(N(C)C)n1. The van der Waals surface area contributed by atoms with Crippen molar-refractivity contribution in [1.82, 2.24) is 4.98 Å². The van der Waals surface area contributed by atoms with E-state index in [1.54, 1.807) is 0 Å². The molecule has 4 nitrogen and oxygen atoms in total. The quantitative estimate of drug-likeness (QED) is 0.543. The van der Waals surface area contributed by atoms with Crippen LogP contribution in [0.25, 0.3) is 0 Å². The van der Waals surface area contributed by atoms with Gasteiger partial charge in [-0.2, -0.15) is 0 Å². The standard InChI is InChI=1S/C10H16N4/c1-6-5-7(2)13-10(14(3)4)8(6)9(11)12/h5H,1-4H3,(H3,11,12). The van der Waals surface area contributed by atoms with Crippen molar-refractivity contribution in [2.45, 2.75) is 13.8 Å². The van der Waals surface area contributed by atoms with Gasteiger partial charge in [-0.05, 0) is 25.5 Å². The van der Waals surface area contributed by atoms with Gasteiger partial charge < -0.3 is 10.6 Å². The summed E-state index contributed by atoms with van der Waals surface area (Å²) in [6.45, 7) is 3.88. The van der Waals surface area contributed by atoms with Gasteiger partial charge in [0.2, 0.25) is 0 Å². The number of pyridine rings is 1. The number of nitrogens with one attached hydrogen (secondary N) is 1. The van der Waals surface area contributed by atoms with E-state index in [0.29, 0.717) is 0 Å². The number of aryl methyl sites for hydroxylation is 2. The third kappa shape index (κ3) is 1.84. The Hall–Kier alpha value is -1.58. The maximum Gasteiger partial charge on any atom is 0.139 e. The lowest BCUT2D eigenvalue weighted by Gasteiger charge is -2.17. The van der Waals surface area contributed by atoms with Gasteiger partial charge in [-0.15, -0.1) is 0 Å². The highest BCUT2D eigenvalue weighted by atomic mass is 15.1. The highest BCUT2D eigenvalue weighted by Gasteiger charge is 2.12. The molecule has 0 aliphatic rings. The van der Waals surface area contributed by atoms with Crippen LogP contribution in [0, 0.1) is 19.3 Å². The molecule has 0 fully saturated rings.